The van der Waals surface area contributed by atoms with E-state index in [4.69, 9.17) is 21.2 Å². The minimum Gasteiger partial charge on any atom is -0.455 e. The van der Waals surface area contributed by atoms with Crippen LogP contribution < -0.4 is 0 Å². The molecule has 0 atom stereocenters. The van der Waals surface area contributed by atoms with Crippen LogP contribution in [0.25, 0.3) is 11.3 Å². The van der Waals surface area contributed by atoms with Gasteiger partial charge in [-0.25, -0.2) is 0 Å². The number of rotatable bonds is 2. The van der Waals surface area contributed by atoms with Crippen molar-refractivity contribution < 1.29 is 9.62 Å². The van der Waals surface area contributed by atoms with Crippen molar-refractivity contribution in [2.75, 3.05) is 0 Å². The van der Waals surface area contributed by atoms with Crippen molar-refractivity contribution in [2.24, 2.45) is 5.16 Å². The van der Waals surface area contributed by atoms with Gasteiger partial charge in [-0.05, 0) is 24.3 Å². The van der Waals surface area contributed by atoms with Crippen molar-refractivity contribution in [1.29, 1.82) is 0 Å². The molecule has 1 aromatic heterocycles. The van der Waals surface area contributed by atoms with Crippen LogP contribution >= 0.6 is 11.6 Å². The lowest BCUT2D eigenvalue weighted by Gasteiger charge is -1.96. The molecule has 1 N–H and O–H groups in total. The number of oxime groups is 1. The molecule has 0 radical (unpaired) electrons. The Balaban J connectivity index is 2.37. The molecule has 0 aliphatic carbocycles. The fraction of sp³-hybridized carbons (Fsp3) is 0. The van der Waals surface area contributed by atoms with E-state index in [1.54, 1.807) is 24.3 Å². The molecule has 0 unspecified atom stereocenters. The molecule has 0 spiro atoms. The Hall–Kier alpha value is -1.74. The quantitative estimate of drug-likeness (QED) is 0.480. The summed E-state index contributed by atoms with van der Waals surface area (Å²) in [5, 5.41) is 11.9. The van der Waals surface area contributed by atoms with Gasteiger partial charge in [0.05, 0.1) is 0 Å². The Morgan fingerprint density at radius 1 is 1.27 bits per heavy atom. The van der Waals surface area contributed by atoms with Crippen molar-refractivity contribution in [3.8, 4) is 11.3 Å². The van der Waals surface area contributed by atoms with E-state index >= 15 is 0 Å². The van der Waals surface area contributed by atoms with Crippen LogP contribution in [0.2, 0.25) is 5.02 Å². The minimum atomic E-state index is 0.493. The first kappa shape index (κ1) is 9.80. The van der Waals surface area contributed by atoms with E-state index in [1.165, 1.54) is 6.21 Å². The maximum Gasteiger partial charge on any atom is 0.149 e. The van der Waals surface area contributed by atoms with Gasteiger partial charge < -0.3 is 9.62 Å². The molecule has 0 fully saturated rings. The van der Waals surface area contributed by atoms with Crippen LogP contribution in [0.3, 0.4) is 0 Å². The second kappa shape index (κ2) is 4.19. The van der Waals surface area contributed by atoms with Crippen molar-refractivity contribution in [3.63, 3.8) is 0 Å². The van der Waals surface area contributed by atoms with Crippen molar-refractivity contribution in [3.05, 3.63) is 47.2 Å². The summed E-state index contributed by atoms with van der Waals surface area (Å²) in [7, 11) is 0. The van der Waals surface area contributed by atoms with E-state index in [9.17, 15) is 0 Å². The third-order valence-electron chi connectivity index (χ3n) is 1.92. The van der Waals surface area contributed by atoms with Gasteiger partial charge in [0.2, 0.25) is 0 Å². The summed E-state index contributed by atoms with van der Waals surface area (Å²) in [6.07, 6.45) is 1.23. The smallest absolute Gasteiger partial charge is 0.149 e. The maximum absolute atomic E-state index is 8.33. The molecule has 0 aliphatic rings. The fourth-order valence-corrected chi connectivity index (χ4v) is 1.47. The standard InChI is InChI=1S/C11H8ClNO2/c12-9-3-1-2-8(6-9)11-5-4-10(15-11)7-13-14/h1-7,14H/b13-7-. The van der Waals surface area contributed by atoms with E-state index in [0.717, 1.165) is 5.56 Å². The summed E-state index contributed by atoms with van der Waals surface area (Å²) in [6.45, 7) is 0. The lowest BCUT2D eigenvalue weighted by molar-refractivity contribution is 0.321. The molecule has 3 nitrogen and oxygen atoms in total. The molecule has 0 aliphatic heterocycles. The number of hydrogen-bond acceptors (Lipinski definition) is 3. The van der Waals surface area contributed by atoms with Gasteiger partial charge in [0.25, 0.3) is 0 Å². The van der Waals surface area contributed by atoms with E-state index in [0.29, 0.717) is 16.5 Å². The average molecular weight is 222 g/mol. The normalized spacial score (nSPS) is 11.0. The van der Waals surface area contributed by atoms with Crippen LogP contribution in [0.15, 0.2) is 46.0 Å². The van der Waals surface area contributed by atoms with Gasteiger partial charge in [0.1, 0.15) is 17.7 Å². The van der Waals surface area contributed by atoms with Crippen LogP contribution in [0.5, 0.6) is 0 Å². The Bertz CT molecular complexity index is 491. The molecule has 76 valence electrons. The number of hydrogen-bond donors (Lipinski definition) is 1. The summed E-state index contributed by atoms with van der Waals surface area (Å²) in [6, 6.07) is 10.9. The third kappa shape index (κ3) is 2.19. The molecule has 0 amide bonds. The Kier molecular flexibility index (Phi) is 2.74. The molecule has 2 rings (SSSR count). The highest BCUT2D eigenvalue weighted by Gasteiger charge is 2.03. The van der Waals surface area contributed by atoms with E-state index < -0.39 is 0 Å². The van der Waals surface area contributed by atoms with Gasteiger partial charge in [0.15, 0.2) is 0 Å². The van der Waals surface area contributed by atoms with Crippen LogP contribution in [-0.2, 0) is 0 Å². The lowest BCUT2D eigenvalue weighted by Crippen LogP contribution is -1.74. The second-order valence-corrected chi connectivity index (χ2v) is 3.39. The number of benzene rings is 1. The zero-order valence-corrected chi connectivity index (χ0v) is 8.48. The monoisotopic (exact) mass is 221 g/mol. The SMILES string of the molecule is O/N=C\c1ccc(-c2cccc(Cl)c2)o1. The van der Waals surface area contributed by atoms with Gasteiger partial charge in [-0.3, -0.25) is 0 Å². The summed E-state index contributed by atoms with van der Waals surface area (Å²) < 4.78 is 5.40. The molecular weight excluding hydrogens is 214 g/mol. The Morgan fingerprint density at radius 3 is 2.87 bits per heavy atom. The summed E-state index contributed by atoms with van der Waals surface area (Å²) in [4.78, 5) is 0. The van der Waals surface area contributed by atoms with Crippen molar-refractivity contribution >= 4 is 17.8 Å². The van der Waals surface area contributed by atoms with Gasteiger partial charge in [-0.15, -0.1) is 0 Å². The predicted octanol–water partition coefficient (Wildman–Crippen LogP) is 3.41. The summed E-state index contributed by atoms with van der Waals surface area (Å²) in [5.74, 6) is 1.18. The molecule has 1 aromatic carbocycles. The number of halogens is 1. The van der Waals surface area contributed by atoms with Crippen LogP contribution in [0, 0.1) is 0 Å². The average Bonchev–Trinajstić information content (AvgIpc) is 2.67. The van der Waals surface area contributed by atoms with Crippen molar-refractivity contribution in [2.45, 2.75) is 0 Å². The first-order valence-corrected chi connectivity index (χ1v) is 4.70. The highest BCUT2D eigenvalue weighted by Crippen LogP contribution is 2.24. The Labute approximate surface area is 91.6 Å². The molecule has 1 heterocycles. The fourth-order valence-electron chi connectivity index (χ4n) is 1.28. The first-order chi connectivity index (χ1) is 7.29. The maximum atomic E-state index is 8.33. The van der Waals surface area contributed by atoms with Gasteiger partial charge >= 0.3 is 0 Å². The van der Waals surface area contributed by atoms with E-state index in [2.05, 4.69) is 5.16 Å². The van der Waals surface area contributed by atoms with E-state index in [-0.39, 0.29) is 0 Å². The number of furan rings is 1. The van der Waals surface area contributed by atoms with Gasteiger partial charge in [-0.2, -0.15) is 0 Å². The van der Waals surface area contributed by atoms with Gasteiger partial charge in [0, 0.05) is 10.6 Å². The molecule has 0 saturated heterocycles. The summed E-state index contributed by atoms with van der Waals surface area (Å²) in [5.41, 5.74) is 0.889. The van der Waals surface area contributed by atoms with Crippen LogP contribution in [0.4, 0.5) is 0 Å². The molecule has 15 heavy (non-hydrogen) atoms. The van der Waals surface area contributed by atoms with Gasteiger partial charge in [-0.1, -0.05) is 28.9 Å². The zero-order chi connectivity index (χ0) is 10.7. The molecular formula is C11H8ClNO2. The molecule has 4 heteroatoms. The molecule has 0 bridgehead atoms. The van der Waals surface area contributed by atoms with Crippen LogP contribution in [0.1, 0.15) is 5.76 Å². The first-order valence-electron chi connectivity index (χ1n) is 4.33. The van der Waals surface area contributed by atoms with E-state index in [1.807, 2.05) is 12.1 Å². The van der Waals surface area contributed by atoms with Crippen molar-refractivity contribution in [1.82, 2.24) is 0 Å². The number of nitrogens with zero attached hydrogens (tertiary/aromatic N) is 1. The largest absolute Gasteiger partial charge is 0.455 e. The molecule has 2 aromatic rings. The third-order valence-corrected chi connectivity index (χ3v) is 2.16. The highest BCUT2D eigenvalue weighted by atomic mass is 35.5. The summed E-state index contributed by atoms with van der Waals surface area (Å²) >= 11 is 5.85. The van der Waals surface area contributed by atoms with Crippen LogP contribution in [-0.4, -0.2) is 11.4 Å². The minimum absolute atomic E-state index is 0.493. The molecule has 0 saturated carbocycles. The predicted molar refractivity (Wildman–Crippen MR) is 58.5 cm³/mol. The Morgan fingerprint density at radius 2 is 2.13 bits per heavy atom. The highest BCUT2D eigenvalue weighted by molar-refractivity contribution is 6.30. The lowest BCUT2D eigenvalue weighted by atomic mass is 10.2. The zero-order valence-electron chi connectivity index (χ0n) is 7.72. The second-order valence-electron chi connectivity index (χ2n) is 2.96. The topological polar surface area (TPSA) is 45.7 Å².